The second-order valence-electron chi connectivity index (χ2n) is 9.03. The van der Waals surface area contributed by atoms with Crippen LogP contribution in [0, 0.1) is 13.8 Å². The average molecular weight is 483 g/mol. The Morgan fingerprint density at radius 3 is 1.65 bits per heavy atom. The largest absolute Gasteiger partial charge is 0.398 e. The van der Waals surface area contributed by atoms with Crippen LogP contribution in [0.2, 0.25) is 0 Å². The number of nitrogens with two attached hydrogens (primary N) is 1. The van der Waals surface area contributed by atoms with Gasteiger partial charge in [-0.3, -0.25) is 0 Å². The molecule has 0 saturated carbocycles. The highest BCUT2D eigenvalue weighted by Crippen LogP contribution is 2.25. The van der Waals surface area contributed by atoms with Crippen molar-refractivity contribution < 1.29 is 0 Å². The Balaban J connectivity index is 0.000000195. The molecule has 37 heavy (non-hydrogen) atoms. The van der Waals surface area contributed by atoms with Gasteiger partial charge in [0.2, 0.25) is 0 Å². The van der Waals surface area contributed by atoms with Crippen molar-refractivity contribution in [2.75, 3.05) is 17.6 Å². The standard InChI is InChI=1S/C22H21N.C13H13N/c1-18-14-15-21(20-12-6-3-7-13-20)17-22(18)23-16-8-11-19-9-4-2-5-10-19;1-10-7-8-12(9-13(10)14)11-5-3-2-4-6-11/h2-15,17,23H,16H2,1H3;2-9H,14H2,1H3/b11-8+;. The lowest BCUT2D eigenvalue weighted by atomic mass is 10.0. The van der Waals surface area contributed by atoms with E-state index in [2.05, 4.69) is 115 Å². The van der Waals surface area contributed by atoms with Gasteiger partial charge < -0.3 is 11.1 Å². The maximum absolute atomic E-state index is 5.86. The van der Waals surface area contributed by atoms with Gasteiger partial charge in [0.05, 0.1) is 0 Å². The Labute approximate surface area is 221 Å². The predicted octanol–water partition coefficient (Wildman–Crippen LogP) is 9.03. The van der Waals surface area contributed by atoms with Gasteiger partial charge in [-0.2, -0.15) is 0 Å². The van der Waals surface area contributed by atoms with Crippen molar-refractivity contribution in [1.29, 1.82) is 0 Å². The van der Waals surface area contributed by atoms with E-state index in [1.54, 1.807) is 0 Å². The molecule has 0 fully saturated rings. The highest BCUT2D eigenvalue weighted by atomic mass is 14.9. The van der Waals surface area contributed by atoms with Crippen LogP contribution in [-0.2, 0) is 0 Å². The number of hydrogen-bond acceptors (Lipinski definition) is 2. The molecular weight excluding hydrogens is 448 g/mol. The van der Waals surface area contributed by atoms with Crippen molar-refractivity contribution in [3.05, 3.63) is 150 Å². The van der Waals surface area contributed by atoms with E-state index < -0.39 is 0 Å². The fraction of sp³-hybridized carbons (Fsp3) is 0.0857. The van der Waals surface area contributed by atoms with Crippen LogP contribution in [-0.4, -0.2) is 6.54 Å². The fourth-order valence-corrected chi connectivity index (χ4v) is 4.00. The van der Waals surface area contributed by atoms with Gasteiger partial charge in [-0.15, -0.1) is 0 Å². The molecule has 0 aliphatic rings. The minimum absolute atomic E-state index is 0.813. The SMILES string of the molecule is Cc1ccc(-c2ccccc2)cc1N.Cc1ccc(-c2ccccc2)cc1NC/C=C/c1ccccc1. The molecule has 0 aliphatic heterocycles. The van der Waals surface area contributed by atoms with Gasteiger partial charge in [0.1, 0.15) is 0 Å². The normalized spacial score (nSPS) is 10.5. The number of nitrogens with one attached hydrogen (secondary N) is 1. The molecule has 5 aromatic carbocycles. The van der Waals surface area contributed by atoms with Crippen molar-refractivity contribution in [2.24, 2.45) is 0 Å². The van der Waals surface area contributed by atoms with E-state index in [9.17, 15) is 0 Å². The van der Waals surface area contributed by atoms with Crippen molar-refractivity contribution in [3.8, 4) is 22.3 Å². The number of nitrogen functional groups attached to an aromatic ring is 1. The number of benzene rings is 5. The van der Waals surface area contributed by atoms with E-state index in [0.29, 0.717) is 0 Å². The summed E-state index contributed by atoms with van der Waals surface area (Å²) in [6, 6.07) is 43.8. The maximum Gasteiger partial charge on any atom is 0.0378 e. The van der Waals surface area contributed by atoms with Crippen LogP contribution >= 0.6 is 0 Å². The van der Waals surface area contributed by atoms with E-state index >= 15 is 0 Å². The molecule has 0 bridgehead atoms. The molecule has 184 valence electrons. The first-order chi connectivity index (χ1) is 18.1. The summed E-state index contributed by atoms with van der Waals surface area (Å²) >= 11 is 0. The first kappa shape index (κ1) is 25.5. The van der Waals surface area contributed by atoms with Crippen molar-refractivity contribution in [3.63, 3.8) is 0 Å². The third kappa shape index (κ3) is 7.46. The molecule has 0 unspecified atom stereocenters. The quantitative estimate of drug-likeness (QED) is 0.237. The highest BCUT2D eigenvalue weighted by Gasteiger charge is 2.02. The smallest absolute Gasteiger partial charge is 0.0378 e. The highest BCUT2D eigenvalue weighted by molar-refractivity contribution is 5.70. The Bertz CT molecular complexity index is 1420. The average Bonchev–Trinajstić information content (AvgIpc) is 2.95. The third-order valence-electron chi connectivity index (χ3n) is 6.25. The van der Waals surface area contributed by atoms with Gasteiger partial charge in [-0.1, -0.05) is 127 Å². The van der Waals surface area contributed by atoms with Crippen LogP contribution in [0.1, 0.15) is 16.7 Å². The summed E-state index contributed by atoms with van der Waals surface area (Å²) in [6.45, 7) is 4.97. The lowest BCUT2D eigenvalue weighted by molar-refractivity contribution is 1.31. The minimum Gasteiger partial charge on any atom is -0.398 e. The molecule has 0 aromatic heterocycles. The van der Waals surface area contributed by atoms with Crippen LogP contribution in [0.4, 0.5) is 11.4 Å². The zero-order valence-electron chi connectivity index (χ0n) is 21.6. The monoisotopic (exact) mass is 482 g/mol. The lowest BCUT2D eigenvalue weighted by Crippen LogP contribution is -2.00. The van der Waals surface area contributed by atoms with Crippen LogP contribution in [0.25, 0.3) is 28.3 Å². The molecule has 0 saturated heterocycles. The Morgan fingerprint density at radius 2 is 1.08 bits per heavy atom. The van der Waals surface area contributed by atoms with E-state index in [-0.39, 0.29) is 0 Å². The predicted molar refractivity (Wildman–Crippen MR) is 162 cm³/mol. The molecule has 0 radical (unpaired) electrons. The molecule has 5 rings (SSSR count). The van der Waals surface area contributed by atoms with Crippen LogP contribution in [0.5, 0.6) is 0 Å². The first-order valence-corrected chi connectivity index (χ1v) is 12.6. The Hall–Kier alpha value is -4.56. The second kappa shape index (κ2) is 12.9. The zero-order valence-corrected chi connectivity index (χ0v) is 21.6. The first-order valence-electron chi connectivity index (χ1n) is 12.6. The van der Waals surface area contributed by atoms with E-state index in [0.717, 1.165) is 17.8 Å². The van der Waals surface area contributed by atoms with E-state index in [1.807, 2.05) is 43.3 Å². The van der Waals surface area contributed by atoms with Gasteiger partial charge in [-0.25, -0.2) is 0 Å². The Morgan fingerprint density at radius 1 is 0.568 bits per heavy atom. The molecule has 5 aromatic rings. The van der Waals surface area contributed by atoms with Crippen LogP contribution in [0.3, 0.4) is 0 Å². The van der Waals surface area contributed by atoms with Gasteiger partial charge in [0.25, 0.3) is 0 Å². The van der Waals surface area contributed by atoms with Gasteiger partial charge >= 0.3 is 0 Å². The van der Waals surface area contributed by atoms with E-state index in [4.69, 9.17) is 5.73 Å². The molecule has 0 aliphatic carbocycles. The summed E-state index contributed by atoms with van der Waals surface area (Å²) in [5, 5.41) is 3.51. The van der Waals surface area contributed by atoms with Crippen molar-refractivity contribution in [2.45, 2.75) is 13.8 Å². The number of aryl methyl sites for hydroxylation is 2. The topological polar surface area (TPSA) is 38.0 Å². The zero-order chi connectivity index (χ0) is 25.9. The Kier molecular flexibility index (Phi) is 8.93. The third-order valence-corrected chi connectivity index (χ3v) is 6.25. The van der Waals surface area contributed by atoms with Crippen LogP contribution < -0.4 is 11.1 Å². The minimum atomic E-state index is 0.813. The summed E-state index contributed by atoms with van der Waals surface area (Å²) in [5.41, 5.74) is 16.4. The molecule has 0 heterocycles. The number of rotatable bonds is 6. The van der Waals surface area contributed by atoms with Gasteiger partial charge in [0, 0.05) is 17.9 Å². The molecule has 2 heteroatoms. The number of hydrogen-bond donors (Lipinski definition) is 2. The summed E-state index contributed by atoms with van der Waals surface area (Å²) in [4.78, 5) is 0. The molecule has 0 atom stereocenters. The fourth-order valence-electron chi connectivity index (χ4n) is 4.00. The number of anilines is 2. The lowest BCUT2D eigenvalue weighted by Gasteiger charge is -2.10. The molecule has 3 N–H and O–H groups in total. The second-order valence-corrected chi connectivity index (χ2v) is 9.03. The van der Waals surface area contributed by atoms with Gasteiger partial charge in [0.15, 0.2) is 0 Å². The summed E-state index contributed by atoms with van der Waals surface area (Å²) in [6.07, 6.45) is 4.30. The summed E-state index contributed by atoms with van der Waals surface area (Å²) in [5.74, 6) is 0. The maximum atomic E-state index is 5.86. The molecule has 2 nitrogen and oxygen atoms in total. The summed E-state index contributed by atoms with van der Waals surface area (Å²) < 4.78 is 0. The van der Waals surface area contributed by atoms with Gasteiger partial charge in [-0.05, 0) is 64.9 Å². The van der Waals surface area contributed by atoms with E-state index in [1.165, 1.54) is 39.1 Å². The molecule has 0 amide bonds. The van der Waals surface area contributed by atoms with Crippen molar-refractivity contribution in [1.82, 2.24) is 0 Å². The molecule has 0 spiro atoms. The van der Waals surface area contributed by atoms with Crippen LogP contribution in [0.15, 0.2) is 133 Å². The molecular formula is C35H34N2. The van der Waals surface area contributed by atoms with Crippen molar-refractivity contribution >= 4 is 17.5 Å². The summed E-state index contributed by atoms with van der Waals surface area (Å²) in [7, 11) is 0.